The number of nitriles is 1. The highest BCUT2D eigenvalue weighted by Gasteiger charge is 1.99. The molecule has 1 aromatic carbocycles. The summed E-state index contributed by atoms with van der Waals surface area (Å²) in [5, 5.41) is 8.72. The van der Waals surface area contributed by atoms with Crippen molar-refractivity contribution in [2.24, 2.45) is 5.84 Å². The van der Waals surface area contributed by atoms with Crippen molar-refractivity contribution in [3.8, 4) is 6.07 Å². The molecule has 0 spiro atoms. The fraction of sp³-hybridized carbons (Fsp3) is 0.222. The van der Waals surface area contributed by atoms with Gasteiger partial charge in [-0.25, -0.2) is 0 Å². The van der Waals surface area contributed by atoms with Gasteiger partial charge in [-0.15, -0.1) is 0 Å². The van der Waals surface area contributed by atoms with Crippen molar-refractivity contribution < 1.29 is 0 Å². The molecular formula is C9H11N3. The number of anilines is 1. The number of hydrogen-bond acceptors (Lipinski definition) is 3. The van der Waals surface area contributed by atoms with Gasteiger partial charge in [0.15, 0.2) is 0 Å². The quantitative estimate of drug-likeness (QED) is 0.509. The molecule has 1 rings (SSSR count). The zero-order valence-electron chi connectivity index (χ0n) is 6.96. The lowest BCUT2D eigenvalue weighted by Crippen LogP contribution is -2.08. The van der Waals surface area contributed by atoms with E-state index in [1.165, 1.54) is 0 Å². The first-order valence-corrected chi connectivity index (χ1v) is 3.81. The number of aryl methyl sites for hydroxylation is 1. The van der Waals surface area contributed by atoms with Gasteiger partial charge >= 0.3 is 0 Å². The summed E-state index contributed by atoms with van der Waals surface area (Å²) in [5.74, 6) is 5.22. The van der Waals surface area contributed by atoms with E-state index in [4.69, 9.17) is 11.1 Å². The van der Waals surface area contributed by atoms with E-state index in [-0.39, 0.29) is 0 Å². The van der Waals surface area contributed by atoms with Crippen molar-refractivity contribution >= 4 is 5.69 Å². The summed E-state index contributed by atoms with van der Waals surface area (Å²) in [7, 11) is 0. The molecule has 12 heavy (non-hydrogen) atoms. The highest BCUT2D eigenvalue weighted by Crippen LogP contribution is 2.15. The molecule has 0 aliphatic heterocycles. The molecule has 0 atom stereocenters. The van der Waals surface area contributed by atoms with E-state index < -0.39 is 0 Å². The van der Waals surface area contributed by atoms with Crippen LogP contribution in [0.25, 0.3) is 0 Å². The van der Waals surface area contributed by atoms with Gasteiger partial charge in [-0.1, -0.05) is 13.0 Å². The maximum absolute atomic E-state index is 8.72. The summed E-state index contributed by atoms with van der Waals surface area (Å²) in [6.07, 6.45) is 0.930. The van der Waals surface area contributed by atoms with Crippen LogP contribution in [-0.4, -0.2) is 0 Å². The zero-order chi connectivity index (χ0) is 8.97. The van der Waals surface area contributed by atoms with Crippen LogP contribution < -0.4 is 11.3 Å². The van der Waals surface area contributed by atoms with Gasteiger partial charge in [0.1, 0.15) is 6.07 Å². The number of benzene rings is 1. The van der Waals surface area contributed by atoms with E-state index in [0.717, 1.165) is 12.0 Å². The Labute approximate surface area is 71.8 Å². The van der Waals surface area contributed by atoms with Crippen LogP contribution in [0.3, 0.4) is 0 Å². The van der Waals surface area contributed by atoms with E-state index in [1.807, 2.05) is 25.1 Å². The Morgan fingerprint density at radius 3 is 2.83 bits per heavy atom. The summed E-state index contributed by atoms with van der Waals surface area (Å²) in [5.41, 5.74) is 4.89. The molecule has 0 saturated heterocycles. The van der Waals surface area contributed by atoms with Crippen LogP contribution in [0, 0.1) is 11.3 Å². The van der Waals surface area contributed by atoms with Crippen LogP contribution in [0.4, 0.5) is 5.69 Å². The molecule has 0 aliphatic carbocycles. The van der Waals surface area contributed by atoms with Gasteiger partial charge in [0.05, 0.1) is 11.3 Å². The number of rotatable bonds is 2. The average molecular weight is 161 g/mol. The lowest BCUT2D eigenvalue weighted by molar-refractivity contribution is 1.13. The van der Waals surface area contributed by atoms with E-state index >= 15 is 0 Å². The number of hydrogen-bond donors (Lipinski definition) is 2. The standard InChI is InChI=1S/C9H11N3/c1-2-7-3-4-9(12-11)8(5-7)6-10/h3-5,12H,2,11H2,1H3. The van der Waals surface area contributed by atoms with E-state index in [9.17, 15) is 0 Å². The van der Waals surface area contributed by atoms with E-state index in [0.29, 0.717) is 11.3 Å². The largest absolute Gasteiger partial charge is 0.323 e. The lowest BCUT2D eigenvalue weighted by Gasteiger charge is -2.03. The van der Waals surface area contributed by atoms with Crippen molar-refractivity contribution in [3.63, 3.8) is 0 Å². The van der Waals surface area contributed by atoms with Gasteiger partial charge in [-0.3, -0.25) is 5.84 Å². The SMILES string of the molecule is CCc1ccc(NN)c(C#N)c1. The Morgan fingerprint density at radius 2 is 2.33 bits per heavy atom. The first-order chi connectivity index (χ1) is 5.81. The third kappa shape index (κ3) is 1.55. The monoisotopic (exact) mass is 161 g/mol. The van der Waals surface area contributed by atoms with Crippen molar-refractivity contribution in [3.05, 3.63) is 29.3 Å². The predicted octanol–water partition coefficient (Wildman–Crippen LogP) is 1.41. The van der Waals surface area contributed by atoms with Crippen LogP contribution in [0.2, 0.25) is 0 Å². The number of nitrogens with zero attached hydrogens (tertiary/aromatic N) is 1. The van der Waals surface area contributed by atoms with Crippen LogP contribution in [0.15, 0.2) is 18.2 Å². The summed E-state index contributed by atoms with van der Waals surface area (Å²) in [4.78, 5) is 0. The van der Waals surface area contributed by atoms with Crippen LogP contribution in [0.5, 0.6) is 0 Å². The predicted molar refractivity (Wildman–Crippen MR) is 48.3 cm³/mol. The van der Waals surface area contributed by atoms with Crippen LogP contribution >= 0.6 is 0 Å². The Bertz CT molecular complexity index is 312. The van der Waals surface area contributed by atoms with Crippen LogP contribution in [-0.2, 0) is 6.42 Å². The molecule has 0 amide bonds. The average Bonchev–Trinajstić information content (AvgIpc) is 2.16. The molecule has 1 aromatic rings. The molecule has 0 bridgehead atoms. The molecule has 0 unspecified atom stereocenters. The summed E-state index contributed by atoms with van der Waals surface area (Å²) >= 11 is 0. The van der Waals surface area contributed by atoms with E-state index in [2.05, 4.69) is 11.5 Å². The minimum absolute atomic E-state index is 0.594. The van der Waals surface area contributed by atoms with Gasteiger partial charge in [0.2, 0.25) is 0 Å². The highest BCUT2D eigenvalue weighted by atomic mass is 15.2. The molecule has 62 valence electrons. The van der Waals surface area contributed by atoms with Crippen molar-refractivity contribution in [2.75, 3.05) is 5.43 Å². The second-order valence-electron chi connectivity index (χ2n) is 2.49. The Balaban J connectivity index is 3.13. The molecule has 0 radical (unpaired) electrons. The summed E-state index contributed by atoms with van der Waals surface area (Å²) in [6, 6.07) is 7.69. The molecule has 0 aromatic heterocycles. The summed E-state index contributed by atoms with van der Waals surface area (Å²) < 4.78 is 0. The molecule has 0 heterocycles. The molecule has 0 saturated carbocycles. The van der Waals surface area contributed by atoms with E-state index in [1.54, 1.807) is 0 Å². The third-order valence-corrected chi connectivity index (χ3v) is 1.77. The van der Waals surface area contributed by atoms with Gasteiger partial charge < -0.3 is 5.43 Å². The van der Waals surface area contributed by atoms with Crippen LogP contribution in [0.1, 0.15) is 18.1 Å². The Hall–Kier alpha value is -1.53. The fourth-order valence-electron chi connectivity index (χ4n) is 1.03. The number of nitrogens with one attached hydrogen (secondary N) is 1. The second-order valence-corrected chi connectivity index (χ2v) is 2.49. The molecule has 3 nitrogen and oxygen atoms in total. The minimum atomic E-state index is 0.594. The molecule has 3 N–H and O–H groups in total. The lowest BCUT2D eigenvalue weighted by atomic mass is 10.1. The first kappa shape index (κ1) is 8.57. The third-order valence-electron chi connectivity index (χ3n) is 1.77. The van der Waals surface area contributed by atoms with Crippen molar-refractivity contribution in [1.82, 2.24) is 0 Å². The number of nitrogen functional groups attached to an aromatic ring is 1. The van der Waals surface area contributed by atoms with Gasteiger partial charge in [0.25, 0.3) is 0 Å². The zero-order valence-corrected chi connectivity index (χ0v) is 6.96. The maximum Gasteiger partial charge on any atom is 0.101 e. The maximum atomic E-state index is 8.72. The second kappa shape index (κ2) is 3.74. The van der Waals surface area contributed by atoms with Crippen molar-refractivity contribution in [1.29, 1.82) is 5.26 Å². The Kier molecular flexibility index (Phi) is 2.67. The first-order valence-electron chi connectivity index (χ1n) is 3.81. The van der Waals surface area contributed by atoms with Gasteiger partial charge in [0, 0.05) is 0 Å². The molecule has 3 heteroatoms. The summed E-state index contributed by atoms with van der Waals surface area (Å²) in [6.45, 7) is 2.05. The molecule has 0 fully saturated rings. The smallest absolute Gasteiger partial charge is 0.101 e. The normalized spacial score (nSPS) is 9.08. The number of nitrogens with two attached hydrogens (primary N) is 1. The van der Waals surface area contributed by atoms with Crippen molar-refractivity contribution in [2.45, 2.75) is 13.3 Å². The van der Waals surface area contributed by atoms with Gasteiger partial charge in [-0.05, 0) is 24.1 Å². The number of hydrazine groups is 1. The minimum Gasteiger partial charge on any atom is -0.323 e. The van der Waals surface area contributed by atoms with Gasteiger partial charge in [-0.2, -0.15) is 5.26 Å². The molecular weight excluding hydrogens is 150 g/mol. The molecule has 0 aliphatic rings. The topological polar surface area (TPSA) is 61.8 Å². The highest BCUT2D eigenvalue weighted by molar-refractivity contribution is 5.57. The Morgan fingerprint density at radius 1 is 1.58 bits per heavy atom. The fourth-order valence-corrected chi connectivity index (χ4v) is 1.03.